The second kappa shape index (κ2) is 6.95. The van der Waals surface area contributed by atoms with E-state index in [2.05, 4.69) is 15.3 Å². The van der Waals surface area contributed by atoms with Crippen LogP contribution in [0, 0.1) is 5.82 Å². The summed E-state index contributed by atoms with van der Waals surface area (Å²) in [5.74, 6) is 0.0695. The zero-order valence-electron chi connectivity index (χ0n) is 12.3. The van der Waals surface area contributed by atoms with Gasteiger partial charge in [0.25, 0.3) is 5.56 Å². The normalized spacial score (nSPS) is 13.8. The highest BCUT2D eigenvalue weighted by Crippen LogP contribution is 2.20. The zero-order valence-corrected chi connectivity index (χ0v) is 13.2. The van der Waals surface area contributed by atoms with Crippen molar-refractivity contribution in [3.8, 4) is 0 Å². The van der Waals surface area contributed by atoms with E-state index in [4.69, 9.17) is 0 Å². The van der Waals surface area contributed by atoms with Crippen molar-refractivity contribution in [3.05, 3.63) is 57.8 Å². The number of halogens is 1. The summed E-state index contributed by atoms with van der Waals surface area (Å²) in [7, 11) is 0. The van der Waals surface area contributed by atoms with Gasteiger partial charge < -0.3 is 10.3 Å². The molecule has 3 rings (SSSR count). The minimum atomic E-state index is -0.296. The standard InChI is InChI=1S/C16H16FN3O2S/c17-11-3-1-2-10(6-11)9-23-16-19-13(8-15(22)20-16)7-14(21)18-12-4-5-12/h1-3,6,8,12H,4-5,7,9H2,(H,18,21)(H,19,20,22). The number of thioether (sulfide) groups is 1. The molecule has 7 heteroatoms. The molecule has 0 spiro atoms. The third kappa shape index (κ3) is 4.92. The molecule has 0 unspecified atom stereocenters. The van der Waals surface area contributed by atoms with Gasteiger partial charge in [-0.2, -0.15) is 0 Å². The van der Waals surface area contributed by atoms with Crippen LogP contribution in [0.2, 0.25) is 0 Å². The summed E-state index contributed by atoms with van der Waals surface area (Å²) in [4.78, 5) is 30.4. The fraction of sp³-hybridized carbons (Fsp3) is 0.312. The van der Waals surface area contributed by atoms with Crippen LogP contribution < -0.4 is 10.9 Å². The largest absolute Gasteiger partial charge is 0.353 e. The Kier molecular flexibility index (Phi) is 4.76. The lowest BCUT2D eigenvalue weighted by Crippen LogP contribution is -2.28. The van der Waals surface area contributed by atoms with Crippen molar-refractivity contribution < 1.29 is 9.18 Å². The summed E-state index contributed by atoms with van der Waals surface area (Å²) in [5, 5.41) is 3.29. The zero-order chi connectivity index (χ0) is 16.2. The molecule has 0 radical (unpaired) electrons. The van der Waals surface area contributed by atoms with Gasteiger partial charge in [-0.25, -0.2) is 9.37 Å². The third-order valence-electron chi connectivity index (χ3n) is 3.32. The second-order valence-electron chi connectivity index (χ2n) is 5.48. The maximum absolute atomic E-state index is 13.1. The summed E-state index contributed by atoms with van der Waals surface area (Å²) in [6, 6.07) is 7.89. The van der Waals surface area contributed by atoms with E-state index in [9.17, 15) is 14.0 Å². The van der Waals surface area contributed by atoms with E-state index in [1.807, 2.05) is 0 Å². The van der Waals surface area contributed by atoms with E-state index >= 15 is 0 Å². The van der Waals surface area contributed by atoms with E-state index in [0.717, 1.165) is 18.4 Å². The molecule has 1 amide bonds. The summed E-state index contributed by atoms with van der Waals surface area (Å²) in [5.41, 5.74) is 0.944. The summed E-state index contributed by atoms with van der Waals surface area (Å²) >= 11 is 1.30. The number of carbonyl (C=O) groups excluding carboxylic acids is 1. The monoisotopic (exact) mass is 333 g/mol. The third-order valence-corrected chi connectivity index (χ3v) is 4.27. The Bertz CT molecular complexity index is 774. The fourth-order valence-electron chi connectivity index (χ4n) is 2.09. The number of rotatable bonds is 6. The highest BCUT2D eigenvalue weighted by atomic mass is 32.2. The first kappa shape index (κ1) is 15.7. The molecule has 0 bridgehead atoms. The first-order chi connectivity index (χ1) is 11.1. The number of benzene rings is 1. The van der Waals surface area contributed by atoms with Crippen LogP contribution in [0.4, 0.5) is 4.39 Å². The Labute approximate surface area is 136 Å². The van der Waals surface area contributed by atoms with E-state index in [-0.39, 0.29) is 29.7 Å². The van der Waals surface area contributed by atoms with Crippen molar-refractivity contribution in [2.24, 2.45) is 0 Å². The molecule has 5 nitrogen and oxygen atoms in total. The number of H-pyrrole nitrogens is 1. The molecule has 23 heavy (non-hydrogen) atoms. The lowest BCUT2D eigenvalue weighted by Gasteiger charge is -2.05. The SMILES string of the molecule is O=C(Cc1cc(=O)[nH]c(SCc2cccc(F)c2)n1)NC1CC1. The van der Waals surface area contributed by atoms with Gasteiger partial charge in [0.2, 0.25) is 5.91 Å². The van der Waals surface area contributed by atoms with Crippen LogP contribution >= 0.6 is 11.8 Å². The topological polar surface area (TPSA) is 74.8 Å². The highest BCUT2D eigenvalue weighted by molar-refractivity contribution is 7.98. The van der Waals surface area contributed by atoms with Crippen LogP contribution in [0.25, 0.3) is 0 Å². The minimum Gasteiger partial charge on any atom is -0.353 e. The van der Waals surface area contributed by atoms with Gasteiger partial charge in [0.15, 0.2) is 5.16 Å². The smallest absolute Gasteiger partial charge is 0.251 e. The van der Waals surface area contributed by atoms with Gasteiger partial charge in [0.1, 0.15) is 5.82 Å². The minimum absolute atomic E-state index is 0.0912. The molecule has 1 aliphatic carbocycles. The predicted molar refractivity (Wildman–Crippen MR) is 85.7 cm³/mol. The lowest BCUT2D eigenvalue weighted by molar-refractivity contribution is -0.120. The van der Waals surface area contributed by atoms with Gasteiger partial charge in [-0.1, -0.05) is 23.9 Å². The van der Waals surface area contributed by atoms with Crippen molar-refractivity contribution in [1.29, 1.82) is 0 Å². The molecule has 1 heterocycles. The number of carbonyl (C=O) groups is 1. The van der Waals surface area contributed by atoms with Crippen molar-refractivity contribution in [2.75, 3.05) is 0 Å². The van der Waals surface area contributed by atoms with Gasteiger partial charge in [-0.3, -0.25) is 9.59 Å². The van der Waals surface area contributed by atoms with E-state index in [1.54, 1.807) is 12.1 Å². The number of aromatic nitrogens is 2. The maximum Gasteiger partial charge on any atom is 0.251 e. The van der Waals surface area contributed by atoms with Crippen LogP contribution in [0.5, 0.6) is 0 Å². The molecule has 1 aromatic heterocycles. The molecule has 2 aromatic rings. The molecule has 0 atom stereocenters. The summed E-state index contributed by atoms with van der Waals surface area (Å²) in [6.07, 6.45) is 2.13. The second-order valence-corrected chi connectivity index (χ2v) is 6.44. The van der Waals surface area contributed by atoms with Crippen LogP contribution in [0.1, 0.15) is 24.1 Å². The highest BCUT2D eigenvalue weighted by Gasteiger charge is 2.23. The first-order valence-electron chi connectivity index (χ1n) is 7.35. The van der Waals surface area contributed by atoms with Crippen LogP contribution in [-0.2, 0) is 17.0 Å². The Hall–Kier alpha value is -2.15. The summed E-state index contributed by atoms with van der Waals surface area (Å²) in [6.45, 7) is 0. The Morgan fingerprint density at radius 3 is 2.96 bits per heavy atom. The number of nitrogens with one attached hydrogen (secondary N) is 2. The van der Waals surface area contributed by atoms with Gasteiger partial charge in [-0.15, -0.1) is 0 Å². The molecule has 1 aromatic carbocycles. The van der Waals surface area contributed by atoms with Crippen molar-refractivity contribution >= 4 is 17.7 Å². The van der Waals surface area contributed by atoms with Crippen LogP contribution in [0.15, 0.2) is 40.3 Å². The molecule has 1 saturated carbocycles. The van der Waals surface area contributed by atoms with Crippen molar-refractivity contribution in [2.45, 2.75) is 36.2 Å². The average molecular weight is 333 g/mol. The summed E-state index contributed by atoms with van der Waals surface area (Å²) < 4.78 is 13.1. The molecule has 1 fully saturated rings. The van der Waals surface area contributed by atoms with Gasteiger partial charge >= 0.3 is 0 Å². The van der Waals surface area contributed by atoms with E-state index in [0.29, 0.717) is 16.6 Å². The number of amides is 1. The van der Waals surface area contributed by atoms with Crippen molar-refractivity contribution in [1.82, 2.24) is 15.3 Å². The number of aromatic amines is 1. The van der Waals surface area contributed by atoms with E-state index in [1.165, 1.54) is 30.0 Å². The maximum atomic E-state index is 13.1. The molecule has 0 aliphatic heterocycles. The van der Waals surface area contributed by atoms with Crippen LogP contribution in [0.3, 0.4) is 0 Å². The Morgan fingerprint density at radius 2 is 2.22 bits per heavy atom. The predicted octanol–water partition coefficient (Wildman–Crippen LogP) is 2.02. The lowest BCUT2D eigenvalue weighted by atomic mass is 10.2. The molecule has 2 N–H and O–H groups in total. The van der Waals surface area contributed by atoms with Crippen LogP contribution in [-0.4, -0.2) is 21.9 Å². The number of hydrogen-bond acceptors (Lipinski definition) is 4. The Balaban J connectivity index is 1.64. The average Bonchev–Trinajstić information content (AvgIpc) is 3.28. The van der Waals surface area contributed by atoms with Crippen molar-refractivity contribution in [3.63, 3.8) is 0 Å². The molecular weight excluding hydrogens is 317 g/mol. The van der Waals surface area contributed by atoms with Gasteiger partial charge in [0, 0.05) is 17.9 Å². The first-order valence-corrected chi connectivity index (χ1v) is 8.34. The molecule has 0 saturated heterocycles. The van der Waals surface area contributed by atoms with Gasteiger partial charge in [-0.05, 0) is 30.5 Å². The number of nitrogens with zero attached hydrogens (tertiary/aromatic N) is 1. The quantitative estimate of drug-likeness (QED) is 0.626. The molecule has 120 valence electrons. The van der Waals surface area contributed by atoms with E-state index < -0.39 is 0 Å². The van der Waals surface area contributed by atoms with Gasteiger partial charge in [0.05, 0.1) is 12.1 Å². The fourth-order valence-corrected chi connectivity index (χ4v) is 2.93. The molecule has 1 aliphatic rings. The molecular formula is C16H16FN3O2S. The number of hydrogen-bond donors (Lipinski definition) is 2. The Morgan fingerprint density at radius 1 is 1.39 bits per heavy atom.